The van der Waals surface area contributed by atoms with Gasteiger partial charge in [0.2, 0.25) is 5.88 Å². The third-order valence-corrected chi connectivity index (χ3v) is 4.29. The molecule has 2 aromatic rings. The second-order valence-corrected chi connectivity index (χ2v) is 8.01. The van der Waals surface area contributed by atoms with Gasteiger partial charge in [-0.05, 0) is 44.5 Å². The first kappa shape index (κ1) is 23.4. The second-order valence-electron chi connectivity index (χ2n) is 6.82. The summed E-state index contributed by atoms with van der Waals surface area (Å²) in [5, 5.41) is 3.26. The summed E-state index contributed by atoms with van der Waals surface area (Å²) in [7, 11) is 1.31. The van der Waals surface area contributed by atoms with Gasteiger partial charge in [0.05, 0.1) is 5.02 Å². The fourth-order valence-electron chi connectivity index (χ4n) is 2.25. The SMILES string of the molecule is Cn1nc(-c2cc(C=C(Cl)C(=O)OC(C)(C)C)c(Cl)cc2F)c(Cl)c1OC(F)F. The lowest BCUT2D eigenvalue weighted by atomic mass is 10.1. The Morgan fingerprint density at radius 2 is 1.90 bits per heavy atom. The molecule has 0 atom stereocenters. The number of carbonyl (C=O) groups excluding carboxylic acids is 1. The summed E-state index contributed by atoms with van der Waals surface area (Å²) in [6, 6.07) is 2.19. The van der Waals surface area contributed by atoms with Crippen molar-refractivity contribution in [3.05, 3.63) is 38.6 Å². The highest BCUT2D eigenvalue weighted by Gasteiger charge is 2.24. The highest BCUT2D eigenvalue weighted by Crippen LogP contribution is 2.38. The van der Waals surface area contributed by atoms with Crippen LogP contribution in [-0.2, 0) is 16.6 Å². The van der Waals surface area contributed by atoms with Crippen molar-refractivity contribution in [2.24, 2.45) is 7.05 Å². The van der Waals surface area contributed by atoms with Gasteiger partial charge in [-0.3, -0.25) is 0 Å². The number of benzene rings is 1. The van der Waals surface area contributed by atoms with Gasteiger partial charge in [-0.25, -0.2) is 13.9 Å². The zero-order chi connectivity index (χ0) is 22.1. The topological polar surface area (TPSA) is 53.4 Å². The van der Waals surface area contributed by atoms with E-state index >= 15 is 0 Å². The molecule has 0 N–H and O–H groups in total. The maximum absolute atomic E-state index is 14.5. The van der Waals surface area contributed by atoms with Crippen molar-refractivity contribution in [2.45, 2.75) is 33.0 Å². The molecule has 11 heteroatoms. The number of rotatable bonds is 5. The van der Waals surface area contributed by atoms with Gasteiger partial charge in [-0.2, -0.15) is 13.9 Å². The number of ether oxygens (including phenoxy) is 2. The van der Waals surface area contributed by atoms with Crippen LogP contribution in [0.5, 0.6) is 5.88 Å². The Bertz CT molecular complexity index is 969. The number of carbonyl (C=O) groups is 1. The number of aryl methyl sites for hydroxylation is 1. The largest absolute Gasteiger partial charge is 0.456 e. The van der Waals surface area contributed by atoms with Crippen molar-refractivity contribution in [3.63, 3.8) is 0 Å². The third-order valence-electron chi connectivity index (χ3n) is 3.36. The van der Waals surface area contributed by atoms with Gasteiger partial charge in [0, 0.05) is 12.6 Å². The van der Waals surface area contributed by atoms with Crippen LogP contribution in [0.25, 0.3) is 17.3 Å². The number of nitrogens with zero attached hydrogens (tertiary/aromatic N) is 2. The number of hydrogen-bond donors (Lipinski definition) is 0. The van der Waals surface area contributed by atoms with E-state index in [4.69, 9.17) is 39.5 Å². The van der Waals surface area contributed by atoms with E-state index in [0.717, 1.165) is 10.7 Å². The molecule has 0 aliphatic heterocycles. The average Bonchev–Trinajstić information content (AvgIpc) is 2.83. The van der Waals surface area contributed by atoms with Crippen molar-refractivity contribution in [3.8, 4) is 17.1 Å². The van der Waals surface area contributed by atoms with Crippen LogP contribution in [0.2, 0.25) is 10.0 Å². The summed E-state index contributed by atoms with van der Waals surface area (Å²) in [6.07, 6.45) is 1.19. The molecule has 1 aromatic heterocycles. The third kappa shape index (κ3) is 5.81. The smallest absolute Gasteiger partial charge is 0.388 e. The molecule has 29 heavy (non-hydrogen) atoms. The standard InChI is InChI=1S/C18H16Cl3F3N2O3/c1-18(2,3)29-16(27)11(20)6-8-5-9(12(22)7-10(8)19)14-13(21)15(26(4)25-14)28-17(23)24/h5-7,17H,1-4H3. The van der Waals surface area contributed by atoms with Crippen molar-refractivity contribution in [2.75, 3.05) is 0 Å². The molecular formula is C18H16Cl3F3N2O3. The van der Waals surface area contributed by atoms with Crippen molar-refractivity contribution in [1.82, 2.24) is 9.78 Å². The first-order chi connectivity index (χ1) is 13.3. The molecule has 2 rings (SSSR count). The normalized spacial score (nSPS) is 12.4. The zero-order valence-corrected chi connectivity index (χ0v) is 18.0. The van der Waals surface area contributed by atoms with Crippen molar-refractivity contribution in [1.29, 1.82) is 0 Å². The molecule has 0 aliphatic rings. The predicted octanol–water partition coefficient (Wildman–Crippen LogP) is 6.06. The van der Waals surface area contributed by atoms with Crippen molar-refractivity contribution < 1.29 is 27.4 Å². The van der Waals surface area contributed by atoms with Gasteiger partial charge >= 0.3 is 12.6 Å². The van der Waals surface area contributed by atoms with Crippen LogP contribution in [0.15, 0.2) is 17.2 Å². The minimum Gasteiger partial charge on any atom is -0.456 e. The summed E-state index contributed by atoms with van der Waals surface area (Å²) in [4.78, 5) is 12.0. The lowest BCUT2D eigenvalue weighted by molar-refractivity contribution is -0.148. The van der Waals surface area contributed by atoms with Crippen LogP contribution in [0.4, 0.5) is 13.2 Å². The molecule has 5 nitrogen and oxygen atoms in total. The Morgan fingerprint density at radius 1 is 1.28 bits per heavy atom. The van der Waals surface area contributed by atoms with Crippen LogP contribution < -0.4 is 4.74 Å². The highest BCUT2D eigenvalue weighted by molar-refractivity contribution is 6.43. The summed E-state index contributed by atoms with van der Waals surface area (Å²) in [5.41, 5.74) is -0.913. The predicted molar refractivity (Wildman–Crippen MR) is 105 cm³/mol. The van der Waals surface area contributed by atoms with Gasteiger partial charge in [0.25, 0.3) is 0 Å². The molecule has 158 valence electrons. The minimum atomic E-state index is -3.14. The van der Waals surface area contributed by atoms with Gasteiger partial charge in [0.15, 0.2) is 0 Å². The zero-order valence-electron chi connectivity index (χ0n) is 15.7. The molecule has 1 aromatic carbocycles. The Labute approximate surface area is 179 Å². The van der Waals surface area contributed by atoms with Gasteiger partial charge in [-0.15, -0.1) is 0 Å². The van der Waals surface area contributed by atoms with E-state index in [0.29, 0.717) is 0 Å². The lowest BCUT2D eigenvalue weighted by Crippen LogP contribution is -2.23. The van der Waals surface area contributed by atoms with Crippen molar-refractivity contribution >= 4 is 46.8 Å². The number of aromatic nitrogens is 2. The van der Waals surface area contributed by atoms with E-state index < -0.39 is 29.9 Å². The first-order valence-corrected chi connectivity index (χ1v) is 9.20. The Hall–Kier alpha value is -1.90. The number of hydrogen-bond acceptors (Lipinski definition) is 4. The van der Waals surface area contributed by atoms with E-state index in [1.165, 1.54) is 19.2 Å². The molecule has 0 fully saturated rings. The molecule has 1 heterocycles. The molecular weight excluding hydrogens is 456 g/mol. The van der Waals surface area contributed by atoms with Crippen LogP contribution in [0.1, 0.15) is 26.3 Å². The number of alkyl halides is 2. The molecule has 0 aliphatic carbocycles. The molecule has 0 radical (unpaired) electrons. The molecule has 0 spiro atoms. The maximum atomic E-state index is 14.5. The van der Waals surface area contributed by atoms with E-state index in [1.54, 1.807) is 20.8 Å². The lowest BCUT2D eigenvalue weighted by Gasteiger charge is -2.19. The summed E-state index contributed by atoms with van der Waals surface area (Å²) in [5.74, 6) is -2.05. The fraction of sp³-hybridized carbons (Fsp3) is 0.333. The van der Waals surface area contributed by atoms with Crippen LogP contribution in [-0.4, -0.2) is 28.0 Å². The Kier molecular flexibility index (Phi) is 7.14. The van der Waals surface area contributed by atoms with Crippen LogP contribution in [0.3, 0.4) is 0 Å². The van der Waals surface area contributed by atoms with Crippen LogP contribution >= 0.6 is 34.8 Å². The molecule has 0 saturated carbocycles. The minimum absolute atomic E-state index is 0.0518. The molecule has 0 bridgehead atoms. The summed E-state index contributed by atoms with van der Waals surface area (Å²) < 4.78 is 50.0. The fourth-order valence-corrected chi connectivity index (χ4v) is 2.91. The maximum Gasteiger partial charge on any atom is 0.388 e. The molecule has 0 saturated heterocycles. The van der Waals surface area contributed by atoms with E-state index in [1.807, 2.05) is 0 Å². The highest BCUT2D eigenvalue weighted by atomic mass is 35.5. The van der Waals surface area contributed by atoms with Gasteiger partial charge in [0.1, 0.15) is 27.2 Å². The Balaban J connectivity index is 2.50. The van der Waals surface area contributed by atoms with Gasteiger partial charge in [-0.1, -0.05) is 34.8 Å². The number of halogens is 6. The second kappa shape index (κ2) is 8.85. The quantitative estimate of drug-likeness (QED) is 0.393. The number of esters is 1. The van der Waals surface area contributed by atoms with Gasteiger partial charge < -0.3 is 9.47 Å². The van der Waals surface area contributed by atoms with E-state index in [9.17, 15) is 18.0 Å². The Morgan fingerprint density at radius 3 is 2.45 bits per heavy atom. The molecule has 0 unspecified atom stereocenters. The summed E-state index contributed by atoms with van der Waals surface area (Å²) >= 11 is 18.1. The first-order valence-electron chi connectivity index (χ1n) is 8.07. The average molecular weight is 472 g/mol. The molecule has 0 amide bonds. The van der Waals surface area contributed by atoms with E-state index in [-0.39, 0.29) is 31.9 Å². The van der Waals surface area contributed by atoms with Crippen LogP contribution in [0, 0.1) is 5.82 Å². The van der Waals surface area contributed by atoms with E-state index in [2.05, 4.69) is 9.84 Å². The summed E-state index contributed by atoms with van der Waals surface area (Å²) in [6.45, 7) is 1.86. The monoisotopic (exact) mass is 470 g/mol.